The fourth-order valence-electron chi connectivity index (χ4n) is 1.48. The van der Waals surface area contributed by atoms with Crippen molar-refractivity contribution in [2.75, 3.05) is 7.11 Å². The number of benzene rings is 2. The van der Waals surface area contributed by atoms with E-state index in [1.165, 1.54) is 19.2 Å². The van der Waals surface area contributed by atoms with E-state index in [1.54, 1.807) is 12.1 Å². The summed E-state index contributed by atoms with van der Waals surface area (Å²) in [6.45, 7) is 0. The Hall–Kier alpha value is -1.79. The summed E-state index contributed by atoms with van der Waals surface area (Å²) in [4.78, 5) is -0.295. The summed E-state index contributed by atoms with van der Waals surface area (Å²) in [5.74, 6) is 0.0409. The van der Waals surface area contributed by atoms with E-state index >= 15 is 0 Å². The first kappa shape index (κ1) is 14.6. The van der Waals surface area contributed by atoms with Gasteiger partial charge in [-0.25, -0.2) is 4.39 Å². The Bertz CT molecular complexity index is 714. The summed E-state index contributed by atoms with van der Waals surface area (Å²) >= 11 is 5.71. The summed E-state index contributed by atoms with van der Waals surface area (Å²) in [5, 5.41) is -0.237. The highest BCUT2D eigenvalue weighted by molar-refractivity contribution is 7.87. The number of hydrogen-bond acceptors (Lipinski definition) is 4. The summed E-state index contributed by atoms with van der Waals surface area (Å²) in [6, 6.07) is 8.94. The highest BCUT2D eigenvalue weighted by atomic mass is 35.5. The summed E-state index contributed by atoms with van der Waals surface area (Å²) < 4.78 is 46.8. The van der Waals surface area contributed by atoms with Crippen LogP contribution in [-0.2, 0) is 10.1 Å². The first-order valence-corrected chi connectivity index (χ1v) is 7.24. The Kier molecular flexibility index (Phi) is 4.15. The van der Waals surface area contributed by atoms with Gasteiger partial charge >= 0.3 is 10.1 Å². The maximum Gasteiger partial charge on any atom is 0.340 e. The smallest absolute Gasteiger partial charge is 0.340 e. The maximum atomic E-state index is 12.9. The molecule has 0 heterocycles. The molecule has 0 atom stereocenters. The lowest BCUT2D eigenvalue weighted by Crippen LogP contribution is -2.10. The third-order valence-electron chi connectivity index (χ3n) is 2.43. The van der Waals surface area contributed by atoms with Gasteiger partial charge in [0, 0.05) is 0 Å². The predicted octanol–water partition coefficient (Wildman–Crippen LogP) is 3.26. The molecule has 7 heteroatoms. The van der Waals surface area contributed by atoms with Crippen molar-refractivity contribution in [3.8, 4) is 11.5 Å². The number of ether oxygens (including phenoxy) is 1. The maximum absolute atomic E-state index is 12.9. The molecule has 0 aliphatic heterocycles. The van der Waals surface area contributed by atoms with Crippen LogP contribution in [0.3, 0.4) is 0 Å². The monoisotopic (exact) mass is 316 g/mol. The van der Waals surface area contributed by atoms with E-state index in [9.17, 15) is 12.8 Å². The molecular formula is C13H10ClFO4S. The fourth-order valence-corrected chi connectivity index (χ4v) is 2.92. The van der Waals surface area contributed by atoms with Crippen molar-refractivity contribution in [2.24, 2.45) is 0 Å². The molecule has 106 valence electrons. The molecule has 0 saturated carbocycles. The second-order valence-electron chi connectivity index (χ2n) is 3.79. The van der Waals surface area contributed by atoms with Crippen LogP contribution in [0, 0.1) is 5.82 Å². The van der Waals surface area contributed by atoms with Crippen LogP contribution in [-0.4, -0.2) is 15.5 Å². The van der Waals surface area contributed by atoms with Gasteiger partial charge in [0.25, 0.3) is 0 Å². The van der Waals surface area contributed by atoms with E-state index in [0.29, 0.717) is 5.75 Å². The van der Waals surface area contributed by atoms with Crippen molar-refractivity contribution < 1.29 is 21.7 Å². The van der Waals surface area contributed by atoms with Gasteiger partial charge in [0.1, 0.15) is 22.2 Å². The Labute approximate surface area is 120 Å². The van der Waals surface area contributed by atoms with Gasteiger partial charge in [-0.15, -0.1) is 0 Å². The van der Waals surface area contributed by atoms with Gasteiger partial charge in [-0.3, -0.25) is 0 Å². The number of rotatable bonds is 4. The molecule has 0 bridgehead atoms. The number of hydrogen-bond donors (Lipinski definition) is 0. The Balaban J connectivity index is 2.30. The van der Waals surface area contributed by atoms with Gasteiger partial charge in [0.05, 0.1) is 12.1 Å². The molecule has 0 spiro atoms. The lowest BCUT2D eigenvalue weighted by molar-refractivity contribution is 0.413. The summed E-state index contributed by atoms with van der Waals surface area (Å²) in [7, 11) is -2.63. The Morgan fingerprint density at radius 3 is 2.20 bits per heavy atom. The van der Waals surface area contributed by atoms with E-state index in [2.05, 4.69) is 0 Å². The molecule has 0 amide bonds. The van der Waals surface area contributed by atoms with Crippen LogP contribution in [0.4, 0.5) is 4.39 Å². The molecular weight excluding hydrogens is 307 g/mol. The van der Waals surface area contributed by atoms with Gasteiger partial charge in [-0.05, 0) is 42.5 Å². The van der Waals surface area contributed by atoms with E-state index in [0.717, 1.165) is 18.2 Å². The van der Waals surface area contributed by atoms with E-state index in [1.807, 2.05) is 0 Å². The largest absolute Gasteiger partial charge is 0.497 e. The molecule has 2 rings (SSSR count). The summed E-state index contributed by atoms with van der Waals surface area (Å²) in [6.07, 6.45) is 0. The fraction of sp³-hybridized carbons (Fsp3) is 0.0769. The zero-order chi connectivity index (χ0) is 14.8. The molecule has 2 aromatic carbocycles. The predicted molar refractivity (Wildman–Crippen MR) is 72.2 cm³/mol. The molecule has 4 nitrogen and oxygen atoms in total. The number of methoxy groups -OCH3 is 1. The van der Waals surface area contributed by atoms with Crippen LogP contribution >= 0.6 is 11.6 Å². The van der Waals surface area contributed by atoms with Crippen LogP contribution in [0.5, 0.6) is 11.5 Å². The Morgan fingerprint density at radius 1 is 1.05 bits per heavy atom. The molecule has 0 aliphatic carbocycles. The molecule has 0 radical (unpaired) electrons. The van der Waals surface area contributed by atoms with Crippen LogP contribution in [0.1, 0.15) is 0 Å². The quantitative estimate of drug-likeness (QED) is 0.812. The third-order valence-corrected chi connectivity index (χ3v) is 4.16. The standard InChI is InChI=1S/C13H10ClFO4S/c1-18-10-3-5-11(6-4-10)19-20(16,17)13-7-2-9(15)8-12(13)14/h2-8H,1H3. The van der Waals surface area contributed by atoms with Gasteiger partial charge in [-0.1, -0.05) is 11.6 Å². The van der Waals surface area contributed by atoms with Crippen LogP contribution < -0.4 is 8.92 Å². The molecule has 2 aromatic rings. The third kappa shape index (κ3) is 3.20. The zero-order valence-corrected chi connectivity index (χ0v) is 11.9. The Morgan fingerprint density at radius 2 is 1.65 bits per heavy atom. The second kappa shape index (κ2) is 5.68. The van der Waals surface area contributed by atoms with Gasteiger partial charge < -0.3 is 8.92 Å². The highest BCUT2D eigenvalue weighted by Gasteiger charge is 2.20. The van der Waals surface area contributed by atoms with Crippen molar-refractivity contribution in [2.45, 2.75) is 4.90 Å². The minimum Gasteiger partial charge on any atom is -0.497 e. The van der Waals surface area contributed by atoms with E-state index < -0.39 is 15.9 Å². The van der Waals surface area contributed by atoms with Crippen molar-refractivity contribution in [3.63, 3.8) is 0 Å². The molecule has 0 saturated heterocycles. The molecule has 0 aliphatic rings. The molecule has 0 aromatic heterocycles. The zero-order valence-electron chi connectivity index (χ0n) is 10.3. The molecule has 20 heavy (non-hydrogen) atoms. The topological polar surface area (TPSA) is 52.6 Å². The lowest BCUT2D eigenvalue weighted by atomic mass is 10.3. The molecule has 0 fully saturated rings. The number of halogens is 2. The van der Waals surface area contributed by atoms with Crippen LogP contribution in [0.2, 0.25) is 5.02 Å². The first-order valence-electron chi connectivity index (χ1n) is 5.46. The van der Waals surface area contributed by atoms with Gasteiger partial charge in [0.15, 0.2) is 0 Å². The van der Waals surface area contributed by atoms with Gasteiger partial charge in [0.2, 0.25) is 0 Å². The lowest BCUT2D eigenvalue weighted by Gasteiger charge is -2.09. The minimum absolute atomic E-state index is 0.103. The van der Waals surface area contributed by atoms with Crippen LogP contribution in [0.15, 0.2) is 47.4 Å². The van der Waals surface area contributed by atoms with Crippen molar-refractivity contribution >= 4 is 21.7 Å². The SMILES string of the molecule is COc1ccc(OS(=O)(=O)c2ccc(F)cc2Cl)cc1. The minimum atomic E-state index is -4.12. The van der Waals surface area contributed by atoms with E-state index in [4.69, 9.17) is 20.5 Å². The summed E-state index contributed by atoms with van der Waals surface area (Å²) in [5.41, 5.74) is 0. The van der Waals surface area contributed by atoms with Crippen molar-refractivity contribution in [3.05, 3.63) is 53.3 Å². The average Bonchev–Trinajstić information content (AvgIpc) is 2.38. The first-order chi connectivity index (χ1) is 9.42. The normalized spacial score (nSPS) is 11.2. The van der Waals surface area contributed by atoms with Crippen molar-refractivity contribution in [1.29, 1.82) is 0 Å². The van der Waals surface area contributed by atoms with Crippen molar-refractivity contribution in [1.82, 2.24) is 0 Å². The highest BCUT2D eigenvalue weighted by Crippen LogP contribution is 2.26. The average molecular weight is 317 g/mol. The van der Waals surface area contributed by atoms with Gasteiger partial charge in [-0.2, -0.15) is 8.42 Å². The molecule has 0 N–H and O–H groups in total. The molecule has 0 unspecified atom stereocenters. The van der Waals surface area contributed by atoms with Crippen LogP contribution in [0.25, 0.3) is 0 Å². The second-order valence-corrected chi connectivity index (χ2v) is 5.71. The van der Waals surface area contributed by atoms with E-state index in [-0.39, 0.29) is 15.7 Å².